The molecule has 1 heterocycles. The Hall–Kier alpha value is -9.31. The van der Waals surface area contributed by atoms with Crippen LogP contribution in [0.3, 0.4) is 0 Å². The number of hydrogen-bond acceptors (Lipinski definition) is 18. The van der Waals surface area contributed by atoms with Gasteiger partial charge in [-0.15, -0.1) is 0 Å². The molecule has 0 saturated carbocycles. The van der Waals surface area contributed by atoms with Crippen molar-refractivity contribution in [2.24, 2.45) is 50.5 Å². The first-order valence-corrected chi connectivity index (χ1v) is 31.5. The van der Waals surface area contributed by atoms with Crippen LogP contribution in [0.4, 0.5) is 0 Å². The van der Waals surface area contributed by atoms with Crippen molar-refractivity contribution in [1.29, 1.82) is 0 Å². The summed E-state index contributed by atoms with van der Waals surface area (Å²) in [6, 6.07) is -0.270. The van der Waals surface area contributed by atoms with Crippen LogP contribution in [0.25, 0.3) is 0 Å². The van der Waals surface area contributed by atoms with E-state index in [9.17, 15) is 72.9 Å². The number of carbonyl (C=O) groups is 12. The Kier molecular flexibility index (Phi) is 33.5. The lowest BCUT2D eigenvalue weighted by molar-refractivity contribution is -0.143. The number of nitrogens with zero attached hydrogens (tertiary/aromatic N) is 3. The zero-order valence-electron chi connectivity index (χ0n) is 53.7. The number of benzene rings is 2. The molecule has 0 aromatic heterocycles. The quantitative estimate of drug-likeness (QED) is 0.0129. The van der Waals surface area contributed by atoms with E-state index in [0.717, 1.165) is 0 Å². The molecular formula is C60H94N18O15S. The number of nitrogens with two attached hydrogens (primary N) is 5. The maximum atomic E-state index is 14.6. The average molecular weight is 1340 g/mol. The third-order valence-corrected chi connectivity index (χ3v) is 15.5. The van der Waals surface area contributed by atoms with Gasteiger partial charge in [-0.3, -0.25) is 62.7 Å². The summed E-state index contributed by atoms with van der Waals surface area (Å²) in [7, 11) is 0. The highest BCUT2D eigenvalue weighted by Gasteiger charge is 2.42. The summed E-state index contributed by atoms with van der Waals surface area (Å²) in [4.78, 5) is 173. The first kappa shape index (κ1) is 78.9. The summed E-state index contributed by atoms with van der Waals surface area (Å²) >= 11 is 4.25. The summed E-state index contributed by atoms with van der Waals surface area (Å²) < 4.78 is 0. The van der Waals surface area contributed by atoms with Gasteiger partial charge in [0.05, 0.1) is 19.2 Å². The minimum absolute atomic E-state index is 0.00632. The Morgan fingerprint density at radius 3 is 1.61 bits per heavy atom. The van der Waals surface area contributed by atoms with Crippen LogP contribution in [0, 0.1) is 11.8 Å². The number of amides is 11. The number of guanidine groups is 2. The zero-order chi connectivity index (χ0) is 70.4. The minimum Gasteiger partial charge on any atom is -0.508 e. The Morgan fingerprint density at radius 1 is 0.596 bits per heavy atom. The van der Waals surface area contributed by atoms with E-state index < -0.39 is 162 Å². The lowest BCUT2D eigenvalue weighted by Crippen LogP contribution is -2.61. The predicted octanol–water partition coefficient (Wildman–Crippen LogP) is -5.17. The number of hydrogen-bond donors (Lipinski definition) is 19. The molecule has 0 spiro atoms. The van der Waals surface area contributed by atoms with Gasteiger partial charge in [0.1, 0.15) is 66.2 Å². The van der Waals surface area contributed by atoms with Crippen molar-refractivity contribution in [2.45, 2.75) is 166 Å². The van der Waals surface area contributed by atoms with E-state index >= 15 is 0 Å². The van der Waals surface area contributed by atoms with Gasteiger partial charge in [-0.2, -0.15) is 12.6 Å². The van der Waals surface area contributed by atoms with Crippen LogP contribution in [0.1, 0.15) is 97.6 Å². The third-order valence-electron chi connectivity index (χ3n) is 15.2. The van der Waals surface area contributed by atoms with Gasteiger partial charge in [-0.05, 0) is 87.5 Å². The topological polar surface area (TPSA) is 544 Å². The van der Waals surface area contributed by atoms with Crippen LogP contribution in [-0.2, 0) is 70.4 Å². The number of aliphatic carboxylic acids is 1. The van der Waals surface area contributed by atoms with E-state index in [4.69, 9.17) is 28.7 Å². The molecule has 34 heteroatoms. The molecular weight excluding hydrogens is 1240 g/mol. The molecule has 23 N–H and O–H groups in total. The largest absolute Gasteiger partial charge is 0.508 e. The average Bonchev–Trinajstić information content (AvgIpc) is 1.61. The van der Waals surface area contributed by atoms with Crippen molar-refractivity contribution in [2.75, 3.05) is 38.5 Å². The number of phenols is 1. The normalized spacial score (nSPS) is 16.1. The maximum absolute atomic E-state index is 14.6. The number of aliphatic hydroxyl groups is 1. The summed E-state index contributed by atoms with van der Waals surface area (Å²) in [5, 5.41) is 54.3. The molecule has 1 aliphatic heterocycles. The first-order valence-electron chi connectivity index (χ1n) is 30.8. The van der Waals surface area contributed by atoms with E-state index in [1.54, 1.807) is 58.0 Å². The van der Waals surface area contributed by atoms with E-state index in [1.165, 1.54) is 43.0 Å². The SMILES string of the molecule is CCC(C)C(NC(=O)CNC(=O)C(Cc1ccccc1)NC(=O)C(C)NC(=O)C(CCCN=C(N)N)NC(=O)C(C)N)C(=O)N1CCCC1C(=O)NC(C(=O)NC(CCCN=C(N)N)C(=O)NC(CS)C(=O)NC(Cc1ccc(O)cc1)C(=O)NC(CO)C(=O)O)C(C)C. The van der Waals surface area contributed by atoms with Crippen molar-refractivity contribution >= 4 is 95.5 Å². The molecule has 0 bridgehead atoms. The highest BCUT2D eigenvalue weighted by Crippen LogP contribution is 2.23. The Bertz CT molecular complexity index is 2970. The first-order chi connectivity index (χ1) is 44.4. The summed E-state index contributed by atoms with van der Waals surface area (Å²) in [6.45, 7) is 8.13. The van der Waals surface area contributed by atoms with Gasteiger partial charge in [0.2, 0.25) is 65.0 Å². The van der Waals surface area contributed by atoms with Crippen LogP contribution < -0.4 is 81.8 Å². The van der Waals surface area contributed by atoms with Crippen molar-refractivity contribution in [3.05, 3.63) is 65.7 Å². The molecule has 12 unspecified atom stereocenters. The van der Waals surface area contributed by atoms with Crippen molar-refractivity contribution < 1.29 is 72.9 Å². The third kappa shape index (κ3) is 26.7. The predicted molar refractivity (Wildman–Crippen MR) is 349 cm³/mol. The number of thiol groups is 1. The van der Waals surface area contributed by atoms with Crippen LogP contribution >= 0.6 is 12.6 Å². The van der Waals surface area contributed by atoms with Crippen molar-refractivity contribution in [3.8, 4) is 5.75 Å². The molecule has 2 aromatic rings. The Labute approximate surface area is 550 Å². The van der Waals surface area contributed by atoms with Crippen molar-refractivity contribution in [3.63, 3.8) is 0 Å². The molecule has 33 nitrogen and oxygen atoms in total. The zero-order valence-corrected chi connectivity index (χ0v) is 54.6. The number of rotatable bonds is 39. The number of aliphatic imine (C=N–C) groups is 2. The Morgan fingerprint density at radius 2 is 1.09 bits per heavy atom. The highest BCUT2D eigenvalue weighted by molar-refractivity contribution is 7.80. The Balaban J connectivity index is 1.79. The van der Waals surface area contributed by atoms with Gasteiger partial charge in [-0.1, -0.05) is 76.6 Å². The summed E-state index contributed by atoms with van der Waals surface area (Å²) in [5.41, 5.74) is 28.6. The van der Waals surface area contributed by atoms with Gasteiger partial charge in [0, 0.05) is 38.2 Å². The maximum Gasteiger partial charge on any atom is 0.328 e. The molecule has 2 aromatic carbocycles. The molecule has 1 saturated heterocycles. The number of carbonyl (C=O) groups excluding carboxylic acids is 11. The van der Waals surface area contributed by atoms with E-state index in [2.05, 4.69) is 75.8 Å². The number of likely N-dealkylation sites (tertiary alicyclic amines) is 1. The lowest BCUT2D eigenvalue weighted by Gasteiger charge is -2.32. The smallest absolute Gasteiger partial charge is 0.328 e. The monoisotopic (exact) mass is 1340 g/mol. The van der Waals surface area contributed by atoms with Crippen LogP contribution in [0.5, 0.6) is 5.75 Å². The number of aromatic hydroxyl groups is 1. The second-order valence-electron chi connectivity index (χ2n) is 23.1. The number of carboxylic acid groups (broad SMARTS) is 1. The van der Waals surface area contributed by atoms with Gasteiger partial charge in [0.25, 0.3) is 0 Å². The van der Waals surface area contributed by atoms with E-state index in [0.29, 0.717) is 24.0 Å². The van der Waals surface area contributed by atoms with Crippen molar-refractivity contribution in [1.82, 2.24) is 58.1 Å². The molecule has 3 rings (SSSR count). The molecule has 12 atom stereocenters. The fourth-order valence-electron chi connectivity index (χ4n) is 9.58. The van der Waals surface area contributed by atoms with Gasteiger partial charge >= 0.3 is 5.97 Å². The van der Waals surface area contributed by atoms with Crippen LogP contribution in [0.15, 0.2) is 64.6 Å². The van der Waals surface area contributed by atoms with Crippen LogP contribution in [-0.4, -0.2) is 208 Å². The standard InChI is InChI=1S/C60H94N18O15S/c1-7-32(4)47(76-45(81)28-68-50(84)40(26-35-14-9-8-10-15-35)72-49(83)34(6)69-51(85)38(70-48(82)33(5)61)16-11-23-66-59(62)63)57(91)78-25-13-18-44(78)55(89)77-46(31(2)3)56(90)71-39(17-12-24-67-60(64)65)52(86)75-43(30-94)54(88)73-41(27-36-19-21-37(80)22-20-36)53(87)74-42(29-79)58(92)93/h8-10,14-15,19-22,31-34,38-44,46-47,79-80,94H,7,11-13,16-18,23-30,61H2,1-6H3,(H,68,84)(H,69,85)(H,70,82)(H,71,90)(H,72,83)(H,73,88)(H,74,87)(H,75,86)(H,76,81)(H,77,89)(H,92,93)(H4,62,63,66)(H4,64,65,67). The van der Waals surface area contributed by atoms with Crippen LogP contribution in [0.2, 0.25) is 0 Å². The second-order valence-corrected chi connectivity index (χ2v) is 23.5. The molecule has 0 aliphatic carbocycles. The molecule has 520 valence electrons. The number of phenolic OH excluding ortho intramolecular Hbond substituents is 1. The van der Waals surface area contributed by atoms with E-state index in [1.807, 2.05) is 0 Å². The van der Waals surface area contributed by atoms with Gasteiger partial charge in [0.15, 0.2) is 11.9 Å². The molecule has 1 fully saturated rings. The summed E-state index contributed by atoms with van der Waals surface area (Å²) in [6.07, 6.45) is 0.941. The minimum atomic E-state index is -1.74. The molecule has 1 aliphatic rings. The van der Waals surface area contributed by atoms with E-state index in [-0.39, 0.29) is 88.0 Å². The number of nitrogens with one attached hydrogen (secondary N) is 10. The summed E-state index contributed by atoms with van der Waals surface area (Å²) in [5.74, 6) is -12.4. The van der Waals surface area contributed by atoms with Gasteiger partial charge in [-0.25, -0.2) is 4.79 Å². The molecule has 0 radical (unpaired) electrons. The molecule has 11 amide bonds. The second kappa shape index (κ2) is 39.9. The molecule has 94 heavy (non-hydrogen) atoms. The fraction of sp³-hybridized carbons (Fsp3) is 0.567. The number of aliphatic hydroxyl groups excluding tert-OH is 1. The highest BCUT2D eigenvalue weighted by atomic mass is 32.1. The fourth-order valence-corrected chi connectivity index (χ4v) is 9.84. The lowest BCUT2D eigenvalue weighted by atomic mass is 9.97. The van der Waals surface area contributed by atoms with Gasteiger partial charge < -0.3 is 102 Å². The number of carboxylic acids is 1.